The molecule has 1 aliphatic rings. The topological polar surface area (TPSA) is 88.5 Å². The van der Waals surface area contributed by atoms with Gasteiger partial charge in [0.2, 0.25) is 0 Å². The van der Waals surface area contributed by atoms with E-state index in [0.717, 1.165) is 16.7 Å². The summed E-state index contributed by atoms with van der Waals surface area (Å²) in [4.78, 5) is 13.3. The highest BCUT2D eigenvalue weighted by Crippen LogP contribution is 2.38. The van der Waals surface area contributed by atoms with Crippen molar-refractivity contribution in [1.29, 1.82) is 0 Å². The van der Waals surface area contributed by atoms with Crippen LogP contribution in [0.3, 0.4) is 0 Å². The second-order valence-electron chi connectivity index (χ2n) is 9.01. The van der Waals surface area contributed by atoms with Gasteiger partial charge < -0.3 is 29.3 Å². The van der Waals surface area contributed by atoms with Gasteiger partial charge in [0.1, 0.15) is 12.2 Å². The summed E-state index contributed by atoms with van der Waals surface area (Å²) >= 11 is 0. The zero-order valence-electron chi connectivity index (χ0n) is 20.4. The van der Waals surface area contributed by atoms with Crippen molar-refractivity contribution in [1.82, 2.24) is 4.90 Å². The Kier molecular flexibility index (Phi) is 9.08. The van der Waals surface area contributed by atoms with Crippen molar-refractivity contribution in [2.75, 3.05) is 13.7 Å². The maximum absolute atomic E-state index is 12.0. The number of aliphatic hydroxyl groups is 1. The fourth-order valence-electron chi connectivity index (χ4n) is 4.81. The van der Waals surface area contributed by atoms with Crippen LogP contribution in [-0.2, 0) is 34.0 Å². The molecule has 36 heavy (non-hydrogen) atoms. The van der Waals surface area contributed by atoms with E-state index in [1.54, 1.807) is 0 Å². The zero-order valence-corrected chi connectivity index (χ0v) is 20.4. The number of rotatable bonds is 11. The van der Waals surface area contributed by atoms with E-state index in [2.05, 4.69) is 0 Å². The van der Waals surface area contributed by atoms with Crippen LogP contribution in [0.25, 0.3) is 0 Å². The van der Waals surface area contributed by atoms with E-state index in [4.69, 9.17) is 14.2 Å². The Morgan fingerprint density at radius 1 is 0.694 bits per heavy atom. The molecule has 0 spiro atoms. The molecule has 0 aliphatic heterocycles. The van der Waals surface area contributed by atoms with Crippen molar-refractivity contribution in [3.8, 4) is 0 Å². The number of hydrogen-bond donors (Lipinski definition) is 2. The van der Waals surface area contributed by atoms with E-state index in [0.29, 0.717) is 13.2 Å². The summed E-state index contributed by atoms with van der Waals surface area (Å²) in [6.07, 6.45) is -2.92. The number of carbonyl (C=O) groups is 1. The Hall–Kier alpha value is -3.23. The summed E-state index contributed by atoms with van der Waals surface area (Å²) in [7, 11) is 1.50. The minimum absolute atomic E-state index is 0.266. The molecule has 190 valence electrons. The van der Waals surface area contributed by atoms with Crippen LogP contribution >= 0.6 is 0 Å². The van der Waals surface area contributed by atoms with E-state index >= 15 is 0 Å². The maximum atomic E-state index is 12.0. The number of hydrogen-bond acceptors (Lipinski definition) is 5. The lowest BCUT2D eigenvalue weighted by molar-refractivity contribution is -0.131. The first-order valence-corrected chi connectivity index (χ1v) is 12.1. The van der Waals surface area contributed by atoms with Crippen molar-refractivity contribution in [3.05, 3.63) is 108 Å². The van der Waals surface area contributed by atoms with Crippen LogP contribution in [0.5, 0.6) is 0 Å². The zero-order chi connectivity index (χ0) is 25.3. The van der Waals surface area contributed by atoms with Crippen molar-refractivity contribution in [2.24, 2.45) is 5.92 Å². The average molecular weight is 492 g/mol. The summed E-state index contributed by atoms with van der Waals surface area (Å²) < 4.78 is 19.1. The molecule has 0 heterocycles. The molecule has 3 aromatic rings. The number of carboxylic acid groups (broad SMARTS) is 1. The summed E-state index contributed by atoms with van der Waals surface area (Å²) in [6, 6.07) is 28.6. The molecule has 0 bridgehead atoms. The van der Waals surface area contributed by atoms with Crippen LogP contribution in [0.1, 0.15) is 16.7 Å². The monoisotopic (exact) mass is 491 g/mol. The SMILES string of the molecule is CN(C(=O)O)C1C(CO)C(OCc2ccccc2)C(OCc2ccccc2)C1OCc1ccccc1. The van der Waals surface area contributed by atoms with Gasteiger partial charge in [-0.2, -0.15) is 0 Å². The number of amides is 1. The van der Waals surface area contributed by atoms with Gasteiger partial charge in [-0.25, -0.2) is 4.79 Å². The lowest BCUT2D eigenvalue weighted by Crippen LogP contribution is -2.48. The molecular weight excluding hydrogens is 458 g/mol. The highest BCUT2D eigenvalue weighted by Gasteiger charge is 2.55. The lowest BCUT2D eigenvalue weighted by Gasteiger charge is -2.32. The third-order valence-corrected chi connectivity index (χ3v) is 6.66. The van der Waals surface area contributed by atoms with Crippen LogP contribution in [0.15, 0.2) is 91.0 Å². The minimum atomic E-state index is -1.10. The molecule has 5 unspecified atom stereocenters. The molecule has 1 amide bonds. The Morgan fingerprint density at radius 3 is 1.47 bits per heavy atom. The van der Waals surface area contributed by atoms with Gasteiger partial charge in [-0.05, 0) is 16.7 Å². The number of nitrogens with zero attached hydrogens (tertiary/aromatic N) is 1. The molecule has 2 N–H and O–H groups in total. The van der Waals surface area contributed by atoms with Gasteiger partial charge >= 0.3 is 6.09 Å². The fraction of sp³-hybridized carbons (Fsp3) is 0.345. The number of likely N-dealkylation sites (N-methyl/N-ethyl adjacent to an activating group) is 1. The molecule has 1 fully saturated rings. The van der Waals surface area contributed by atoms with Gasteiger partial charge in [-0.1, -0.05) is 91.0 Å². The van der Waals surface area contributed by atoms with Crippen molar-refractivity contribution < 1.29 is 29.2 Å². The summed E-state index contributed by atoms with van der Waals surface area (Å²) in [5.41, 5.74) is 2.93. The van der Waals surface area contributed by atoms with E-state index in [1.165, 1.54) is 11.9 Å². The Morgan fingerprint density at radius 2 is 1.08 bits per heavy atom. The molecule has 7 heteroatoms. The van der Waals surface area contributed by atoms with Gasteiger partial charge in [0.15, 0.2) is 0 Å². The summed E-state index contributed by atoms with van der Waals surface area (Å²) in [5, 5.41) is 20.3. The first-order valence-electron chi connectivity index (χ1n) is 12.1. The van der Waals surface area contributed by atoms with E-state index in [1.807, 2.05) is 91.0 Å². The molecule has 4 rings (SSSR count). The average Bonchev–Trinajstić information content (AvgIpc) is 3.22. The molecule has 7 nitrogen and oxygen atoms in total. The molecular formula is C29H33NO6. The maximum Gasteiger partial charge on any atom is 0.407 e. The standard InChI is InChI=1S/C29H33NO6/c1-30(29(32)33)25-24(17-31)26(34-18-21-11-5-2-6-12-21)28(36-20-23-15-9-4-10-16-23)27(25)35-19-22-13-7-3-8-14-22/h2-16,24-28,31H,17-20H2,1H3,(H,32,33). The lowest BCUT2D eigenvalue weighted by atomic mass is 10.0. The van der Waals surface area contributed by atoms with Gasteiger partial charge in [0, 0.05) is 13.0 Å². The van der Waals surface area contributed by atoms with Crippen LogP contribution in [0.2, 0.25) is 0 Å². The first-order chi connectivity index (χ1) is 17.6. The Labute approximate surface area is 211 Å². The molecule has 0 saturated heterocycles. The predicted octanol–water partition coefficient (Wildman–Crippen LogP) is 4.34. The quantitative estimate of drug-likeness (QED) is 0.415. The molecule has 3 aromatic carbocycles. The summed E-state index contributed by atoms with van der Waals surface area (Å²) in [6.45, 7) is 0.633. The van der Waals surface area contributed by atoms with Crippen LogP contribution in [0, 0.1) is 5.92 Å². The van der Waals surface area contributed by atoms with Crippen LogP contribution in [-0.4, -0.2) is 59.2 Å². The van der Waals surface area contributed by atoms with Crippen molar-refractivity contribution >= 4 is 6.09 Å². The number of aliphatic hydroxyl groups excluding tert-OH is 1. The normalized spacial score (nSPS) is 23.4. The molecule has 5 atom stereocenters. The molecule has 1 saturated carbocycles. The van der Waals surface area contributed by atoms with Gasteiger partial charge in [-0.15, -0.1) is 0 Å². The van der Waals surface area contributed by atoms with E-state index in [9.17, 15) is 15.0 Å². The van der Waals surface area contributed by atoms with Gasteiger partial charge in [-0.3, -0.25) is 0 Å². The summed E-state index contributed by atoms with van der Waals surface area (Å²) in [5.74, 6) is -0.531. The van der Waals surface area contributed by atoms with E-state index < -0.39 is 36.4 Å². The predicted molar refractivity (Wildman–Crippen MR) is 135 cm³/mol. The van der Waals surface area contributed by atoms with E-state index in [-0.39, 0.29) is 13.2 Å². The third-order valence-electron chi connectivity index (χ3n) is 6.66. The second kappa shape index (κ2) is 12.6. The largest absolute Gasteiger partial charge is 0.465 e. The minimum Gasteiger partial charge on any atom is -0.465 e. The van der Waals surface area contributed by atoms with Crippen molar-refractivity contribution in [3.63, 3.8) is 0 Å². The Balaban J connectivity index is 1.63. The van der Waals surface area contributed by atoms with Gasteiger partial charge in [0.05, 0.1) is 38.6 Å². The Bertz CT molecular complexity index is 1060. The highest BCUT2D eigenvalue weighted by molar-refractivity contribution is 5.65. The fourth-order valence-corrected chi connectivity index (χ4v) is 4.81. The number of benzene rings is 3. The molecule has 0 radical (unpaired) electrons. The van der Waals surface area contributed by atoms with Gasteiger partial charge in [0.25, 0.3) is 0 Å². The third kappa shape index (κ3) is 6.30. The number of ether oxygens (including phenoxy) is 3. The first kappa shape index (κ1) is 25.9. The smallest absolute Gasteiger partial charge is 0.407 e. The molecule has 0 aromatic heterocycles. The van der Waals surface area contributed by atoms with Crippen molar-refractivity contribution in [2.45, 2.75) is 44.2 Å². The van der Waals surface area contributed by atoms with Crippen LogP contribution < -0.4 is 0 Å². The molecule has 1 aliphatic carbocycles. The van der Waals surface area contributed by atoms with Crippen LogP contribution in [0.4, 0.5) is 4.79 Å². The second-order valence-corrected chi connectivity index (χ2v) is 9.01. The highest BCUT2D eigenvalue weighted by atomic mass is 16.6.